The molecule has 1 aliphatic rings. The summed E-state index contributed by atoms with van der Waals surface area (Å²) in [5.74, 6) is -0.0793. The highest BCUT2D eigenvalue weighted by atomic mass is 16.2. The molecular weight excluding hydrogens is 224 g/mol. The summed E-state index contributed by atoms with van der Waals surface area (Å²) in [6, 6.07) is 12.4. The largest absolute Gasteiger partial charge is 0.355 e. The summed E-state index contributed by atoms with van der Waals surface area (Å²) in [7, 11) is 0. The number of carbonyl (C=O) groups excluding carboxylic acids is 1. The van der Waals surface area contributed by atoms with Gasteiger partial charge in [0.15, 0.2) is 0 Å². The smallest absolute Gasteiger partial charge is 0.240 e. The third kappa shape index (κ3) is 2.70. The first-order chi connectivity index (χ1) is 8.77. The van der Waals surface area contributed by atoms with E-state index in [1.807, 2.05) is 18.2 Å². The van der Waals surface area contributed by atoms with E-state index in [0.29, 0.717) is 19.4 Å². The van der Waals surface area contributed by atoms with Gasteiger partial charge in [0.05, 0.1) is 6.07 Å². The zero-order valence-corrected chi connectivity index (χ0v) is 10.5. The van der Waals surface area contributed by atoms with Gasteiger partial charge in [0.2, 0.25) is 5.91 Å². The van der Waals surface area contributed by atoms with Crippen LogP contribution in [0.3, 0.4) is 0 Å². The van der Waals surface area contributed by atoms with Crippen molar-refractivity contribution in [2.24, 2.45) is 5.41 Å². The number of carbonyl (C=O) groups is 1. The second kappa shape index (κ2) is 5.68. The first-order valence-corrected chi connectivity index (χ1v) is 6.50. The fourth-order valence-corrected chi connectivity index (χ4v) is 2.23. The summed E-state index contributed by atoms with van der Waals surface area (Å²) in [5.41, 5.74) is 0.567. The fraction of sp³-hybridized carbons (Fsp3) is 0.467. The highest BCUT2D eigenvalue weighted by molar-refractivity contribution is 5.86. The van der Waals surface area contributed by atoms with Crippen LogP contribution in [0.4, 0.5) is 0 Å². The third-order valence-electron chi connectivity index (χ3n) is 3.63. The molecule has 1 fully saturated rings. The minimum absolute atomic E-state index is 0.0793. The maximum atomic E-state index is 11.9. The molecule has 0 heterocycles. The van der Waals surface area contributed by atoms with E-state index in [1.54, 1.807) is 0 Å². The molecule has 0 saturated heterocycles. The third-order valence-corrected chi connectivity index (χ3v) is 3.63. The number of rotatable bonds is 5. The molecular formula is C15H18N2O. The predicted octanol–water partition coefficient (Wildman–Crippen LogP) is 2.43. The highest BCUT2D eigenvalue weighted by Crippen LogP contribution is 2.40. The average molecular weight is 242 g/mol. The van der Waals surface area contributed by atoms with Crippen molar-refractivity contribution in [1.29, 1.82) is 5.26 Å². The lowest BCUT2D eigenvalue weighted by Gasteiger charge is -2.33. The van der Waals surface area contributed by atoms with Crippen LogP contribution in [0.15, 0.2) is 30.3 Å². The van der Waals surface area contributed by atoms with Crippen LogP contribution in [-0.4, -0.2) is 12.5 Å². The molecule has 0 bridgehead atoms. The molecule has 18 heavy (non-hydrogen) atoms. The molecule has 0 radical (unpaired) electrons. The van der Waals surface area contributed by atoms with E-state index in [-0.39, 0.29) is 5.91 Å². The summed E-state index contributed by atoms with van der Waals surface area (Å²) < 4.78 is 0. The SMILES string of the molecule is N#CC1(C(=O)NCCCc2ccccc2)CCC1. The summed E-state index contributed by atoms with van der Waals surface area (Å²) in [6.07, 6.45) is 4.30. The van der Waals surface area contributed by atoms with E-state index in [0.717, 1.165) is 19.3 Å². The number of amides is 1. The van der Waals surface area contributed by atoms with Crippen molar-refractivity contribution in [2.75, 3.05) is 6.54 Å². The summed E-state index contributed by atoms with van der Waals surface area (Å²) in [4.78, 5) is 11.9. The topological polar surface area (TPSA) is 52.9 Å². The Labute approximate surface area is 108 Å². The minimum Gasteiger partial charge on any atom is -0.355 e. The summed E-state index contributed by atoms with van der Waals surface area (Å²) in [5, 5.41) is 11.9. The maximum absolute atomic E-state index is 11.9. The molecule has 0 aliphatic heterocycles. The Morgan fingerprint density at radius 1 is 1.33 bits per heavy atom. The lowest BCUT2D eigenvalue weighted by Crippen LogP contribution is -2.45. The van der Waals surface area contributed by atoms with Crippen LogP contribution in [-0.2, 0) is 11.2 Å². The maximum Gasteiger partial charge on any atom is 0.240 e. The molecule has 1 aromatic carbocycles. The normalized spacial score (nSPS) is 16.4. The van der Waals surface area contributed by atoms with Gasteiger partial charge < -0.3 is 5.32 Å². The Kier molecular flexibility index (Phi) is 3.99. The van der Waals surface area contributed by atoms with Gasteiger partial charge >= 0.3 is 0 Å². The van der Waals surface area contributed by atoms with Crippen LogP contribution in [0.1, 0.15) is 31.2 Å². The summed E-state index contributed by atoms with van der Waals surface area (Å²) in [6.45, 7) is 0.650. The van der Waals surface area contributed by atoms with E-state index in [9.17, 15) is 4.79 Å². The first-order valence-electron chi connectivity index (χ1n) is 6.50. The van der Waals surface area contributed by atoms with E-state index in [2.05, 4.69) is 23.5 Å². The summed E-state index contributed by atoms with van der Waals surface area (Å²) >= 11 is 0. The second-order valence-corrected chi connectivity index (χ2v) is 4.89. The van der Waals surface area contributed by atoms with Crippen LogP contribution in [0.25, 0.3) is 0 Å². The van der Waals surface area contributed by atoms with Gasteiger partial charge in [-0.1, -0.05) is 30.3 Å². The molecule has 0 spiro atoms. The number of nitrogens with one attached hydrogen (secondary N) is 1. The van der Waals surface area contributed by atoms with Gasteiger partial charge in [-0.05, 0) is 37.7 Å². The van der Waals surface area contributed by atoms with Crippen LogP contribution >= 0.6 is 0 Å². The Bertz CT molecular complexity index is 443. The van der Waals surface area contributed by atoms with Crippen LogP contribution in [0, 0.1) is 16.7 Å². The minimum atomic E-state index is -0.716. The van der Waals surface area contributed by atoms with Gasteiger partial charge in [-0.2, -0.15) is 5.26 Å². The van der Waals surface area contributed by atoms with Crippen molar-refractivity contribution in [3.05, 3.63) is 35.9 Å². The van der Waals surface area contributed by atoms with Gasteiger partial charge in [-0.25, -0.2) is 0 Å². The molecule has 0 atom stereocenters. The van der Waals surface area contributed by atoms with Crippen molar-refractivity contribution < 1.29 is 4.79 Å². The van der Waals surface area contributed by atoms with Gasteiger partial charge in [-0.15, -0.1) is 0 Å². The molecule has 94 valence electrons. The number of nitrogens with zero attached hydrogens (tertiary/aromatic N) is 1. The van der Waals surface area contributed by atoms with Gasteiger partial charge in [0, 0.05) is 6.54 Å². The predicted molar refractivity (Wildman–Crippen MR) is 69.7 cm³/mol. The van der Waals surface area contributed by atoms with Crippen LogP contribution < -0.4 is 5.32 Å². The molecule has 1 saturated carbocycles. The number of hydrogen-bond acceptors (Lipinski definition) is 2. The number of aryl methyl sites for hydroxylation is 1. The van der Waals surface area contributed by atoms with Crippen molar-refractivity contribution in [3.8, 4) is 6.07 Å². The Morgan fingerprint density at radius 3 is 2.61 bits per heavy atom. The standard InChI is InChI=1S/C15H18N2O/c16-12-15(9-5-10-15)14(18)17-11-4-8-13-6-2-1-3-7-13/h1-3,6-7H,4-5,8-11H2,(H,17,18). The lowest BCUT2D eigenvalue weighted by atomic mass is 9.69. The molecule has 1 N–H and O–H groups in total. The van der Waals surface area contributed by atoms with Crippen molar-refractivity contribution >= 4 is 5.91 Å². The van der Waals surface area contributed by atoms with Crippen LogP contribution in [0.5, 0.6) is 0 Å². The van der Waals surface area contributed by atoms with E-state index in [1.165, 1.54) is 5.56 Å². The monoisotopic (exact) mass is 242 g/mol. The van der Waals surface area contributed by atoms with Crippen LogP contribution in [0.2, 0.25) is 0 Å². The van der Waals surface area contributed by atoms with Crippen molar-refractivity contribution in [2.45, 2.75) is 32.1 Å². The number of benzene rings is 1. The van der Waals surface area contributed by atoms with E-state index in [4.69, 9.17) is 5.26 Å². The lowest BCUT2D eigenvalue weighted by molar-refractivity contribution is -0.131. The fourth-order valence-electron chi connectivity index (χ4n) is 2.23. The molecule has 1 aliphatic carbocycles. The molecule has 1 amide bonds. The Balaban J connectivity index is 1.70. The highest BCUT2D eigenvalue weighted by Gasteiger charge is 2.44. The first kappa shape index (κ1) is 12.6. The molecule has 3 heteroatoms. The molecule has 0 unspecified atom stereocenters. The molecule has 2 rings (SSSR count). The Hall–Kier alpha value is -1.82. The second-order valence-electron chi connectivity index (χ2n) is 4.89. The quantitative estimate of drug-likeness (QED) is 0.806. The van der Waals surface area contributed by atoms with Crippen molar-refractivity contribution in [3.63, 3.8) is 0 Å². The zero-order valence-electron chi connectivity index (χ0n) is 10.5. The molecule has 1 aromatic rings. The van der Waals surface area contributed by atoms with E-state index < -0.39 is 5.41 Å². The van der Waals surface area contributed by atoms with E-state index >= 15 is 0 Å². The average Bonchev–Trinajstić information content (AvgIpc) is 2.35. The molecule has 3 nitrogen and oxygen atoms in total. The Morgan fingerprint density at radius 2 is 2.06 bits per heavy atom. The van der Waals surface area contributed by atoms with Gasteiger partial charge in [0.25, 0.3) is 0 Å². The van der Waals surface area contributed by atoms with Gasteiger partial charge in [0.1, 0.15) is 5.41 Å². The van der Waals surface area contributed by atoms with Crippen molar-refractivity contribution in [1.82, 2.24) is 5.32 Å². The zero-order chi connectivity index (χ0) is 12.8. The number of hydrogen-bond donors (Lipinski definition) is 1. The number of nitriles is 1. The molecule has 0 aromatic heterocycles. The van der Waals surface area contributed by atoms with Gasteiger partial charge in [-0.3, -0.25) is 4.79 Å².